The number of halogens is 2. The van der Waals surface area contributed by atoms with E-state index in [1.54, 1.807) is 19.1 Å². The Morgan fingerprint density at radius 2 is 1.92 bits per heavy atom. The van der Waals surface area contributed by atoms with Crippen LogP contribution in [-0.2, 0) is 16.4 Å². The summed E-state index contributed by atoms with van der Waals surface area (Å²) in [7, 11) is -3.68. The Labute approximate surface area is 160 Å². The first-order valence-electron chi connectivity index (χ1n) is 7.81. The third-order valence-electron chi connectivity index (χ3n) is 3.74. The molecule has 8 heteroatoms. The van der Waals surface area contributed by atoms with Gasteiger partial charge in [0.15, 0.2) is 0 Å². The summed E-state index contributed by atoms with van der Waals surface area (Å²) in [5.41, 5.74) is 2.14. The van der Waals surface area contributed by atoms with Crippen LogP contribution < -0.4 is 4.72 Å². The van der Waals surface area contributed by atoms with Gasteiger partial charge in [-0.2, -0.15) is 0 Å². The number of thiazole rings is 1. The number of aryl methyl sites for hydroxylation is 1. The predicted molar refractivity (Wildman–Crippen MR) is 103 cm³/mol. The van der Waals surface area contributed by atoms with E-state index in [1.165, 1.54) is 23.5 Å². The highest BCUT2D eigenvalue weighted by atomic mass is 35.5. The third kappa shape index (κ3) is 4.48. The van der Waals surface area contributed by atoms with E-state index in [9.17, 15) is 12.8 Å². The maximum atomic E-state index is 13.1. The molecule has 0 atom stereocenters. The van der Waals surface area contributed by atoms with E-state index in [4.69, 9.17) is 11.6 Å². The van der Waals surface area contributed by atoms with Crippen LogP contribution in [0.3, 0.4) is 0 Å². The molecule has 4 nitrogen and oxygen atoms in total. The van der Waals surface area contributed by atoms with E-state index in [2.05, 4.69) is 9.71 Å². The number of aromatic nitrogens is 1. The van der Waals surface area contributed by atoms with Gasteiger partial charge in [-0.1, -0.05) is 23.7 Å². The fraction of sp³-hybridized carbons (Fsp3) is 0.167. The van der Waals surface area contributed by atoms with Gasteiger partial charge in [0.2, 0.25) is 10.0 Å². The van der Waals surface area contributed by atoms with Gasteiger partial charge in [-0.05, 0) is 42.8 Å². The molecule has 3 aromatic rings. The Kier molecular flexibility index (Phi) is 5.72. The van der Waals surface area contributed by atoms with Crippen molar-refractivity contribution in [2.24, 2.45) is 0 Å². The van der Waals surface area contributed by atoms with Crippen LogP contribution >= 0.6 is 22.9 Å². The summed E-state index contributed by atoms with van der Waals surface area (Å²) >= 11 is 7.38. The summed E-state index contributed by atoms with van der Waals surface area (Å²) in [5, 5.41) is 3.42. The van der Waals surface area contributed by atoms with Crippen LogP contribution in [0, 0.1) is 12.7 Å². The van der Waals surface area contributed by atoms with Crippen molar-refractivity contribution in [3.05, 3.63) is 69.9 Å². The molecule has 0 aliphatic carbocycles. The standard InChI is InChI=1S/C18H16ClFN2O2S2/c1-12-10-15(20)6-7-17(12)26(23,24)21-9-8-16-11-25-18(22-16)13-2-4-14(19)5-3-13/h2-7,10-11,21H,8-9H2,1H3. The molecule has 1 N–H and O–H groups in total. The lowest BCUT2D eigenvalue weighted by molar-refractivity contribution is 0.579. The van der Waals surface area contributed by atoms with Crippen LogP contribution in [0.5, 0.6) is 0 Å². The first kappa shape index (κ1) is 19.0. The SMILES string of the molecule is Cc1cc(F)ccc1S(=O)(=O)NCCc1csc(-c2ccc(Cl)cc2)n1. The maximum absolute atomic E-state index is 13.1. The second kappa shape index (κ2) is 7.84. The van der Waals surface area contributed by atoms with Gasteiger partial charge in [0, 0.05) is 28.9 Å². The van der Waals surface area contributed by atoms with Gasteiger partial charge in [0.05, 0.1) is 10.6 Å². The fourth-order valence-corrected chi connectivity index (χ4v) is 4.70. The first-order chi connectivity index (χ1) is 12.3. The van der Waals surface area contributed by atoms with Crippen molar-refractivity contribution in [3.63, 3.8) is 0 Å². The molecule has 3 rings (SSSR count). The molecule has 0 bridgehead atoms. The molecular weight excluding hydrogens is 395 g/mol. The lowest BCUT2D eigenvalue weighted by Crippen LogP contribution is -2.26. The minimum absolute atomic E-state index is 0.0824. The molecule has 0 amide bonds. The molecule has 0 unspecified atom stereocenters. The van der Waals surface area contributed by atoms with Crippen molar-refractivity contribution in [1.82, 2.24) is 9.71 Å². The summed E-state index contributed by atoms with van der Waals surface area (Å²) in [6.07, 6.45) is 0.462. The molecule has 0 spiro atoms. The van der Waals surface area contributed by atoms with Gasteiger partial charge < -0.3 is 0 Å². The molecule has 1 aromatic heterocycles. The molecule has 0 aliphatic heterocycles. The molecule has 0 radical (unpaired) electrons. The van der Waals surface area contributed by atoms with Crippen molar-refractivity contribution < 1.29 is 12.8 Å². The highest BCUT2D eigenvalue weighted by molar-refractivity contribution is 7.89. The topological polar surface area (TPSA) is 59.1 Å². The van der Waals surface area contributed by atoms with Crippen LogP contribution in [0.4, 0.5) is 4.39 Å². The van der Waals surface area contributed by atoms with Crippen LogP contribution in [0.2, 0.25) is 5.02 Å². The number of hydrogen-bond acceptors (Lipinski definition) is 4. The van der Waals surface area contributed by atoms with Crippen molar-refractivity contribution >= 4 is 33.0 Å². The number of nitrogens with one attached hydrogen (secondary N) is 1. The Morgan fingerprint density at radius 3 is 2.62 bits per heavy atom. The lowest BCUT2D eigenvalue weighted by atomic mass is 10.2. The van der Waals surface area contributed by atoms with Crippen LogP contribution in [0.1, 0.15) is 11.3 Å². The predicted octanol–water partition coefficient (Wildman–Crippen LogP) is 4.43. The van der Waals surface area contributed by atoms with E-state index in [-0.39, 0.29) is 11.4 Å². The molecule has 0 fully saturated rings. The second-order valence-electron chi connectivity index (χ2n) is 5.71. The zero-order chi connectivity index (χ0) is 18.7. The van der Waals surface area contributed by atoms with E-state index in [1.807, 2.05) is 17.5 Å². The number of hydrogen-bond donors (Lipinski definition) is 1. The number of rotatable bonds is 6. The van der Waals surface area contributed by atoms with Crippen molar-refractivity contribution in [2.45, 2.75) is 18.2 Å². The van der Waals surface area contributed by atoms with Gasteiger partial charge in [-0.25, -0.2) is 22.5 Å². The number of benzene rings is 2. The molecule has 0 saturated heterocycles. The Bertz CT molecular complexity index is 1020. The third-order valence-corrected chi connectivity index (χ3v) is 6.56. The van der Waals surface area contributed by atoms with Crippen LogP contribution in [0.25, 0.3) is 10.6 Å². The Morgan fingerprint density at radius 1 is 1.19 bits per heavy atom. The monoisotopic (exact) mass is 410 g/mol. The normalized spacial score (nSPS) is 11.7. The molecular formula is C18H16ClFN2O2S2. The van der Waals surface area contributed by atoms with Gasteiger partial charge >= 0.3 is 0 Å². The summed E-state index contributed by atoms with van der Waals surface area (Å²) in [6, 6.07) is 11.0. The Balaban J connectivity index is 1.64. The largest absolute Gasteiger partial charge is 0.241 e. The number of nitrogens with zero attached hydrogens (tertiary/aromatic N) is 1. The molecule has 0 saturated carbocycles. The highest BCUT2D eigenvalue weighted by Gasteiger charge is 2.17. The minimum atomic E-state index is -3.68. The molecule has 1 heterocycles. The summed E-state index contributed by atoms with van der Waals surface area (Å²) < 4.78 is 40.4. The highest BCUT2D eigenvalue weighted by Crippen LogP contribution is 2.25. The molecule has 26 heavy (non-hydrogen) atoms. The van der Waals surface area contributed by atoms with Crippen LogP contribution in [0.15, 0.2) is 52.7 Å². The number of sulfonamides is 1. The van der Waals surface area contributed by atoms with Gasteiger partial charge in [0.25, 0.3) is 0 Å². The summed E-state index contributed by atoms with van der Waals surface area (Å²) in [6.45, 7) is 1.78. The van der Waals surface area contributed by atoms with Crippen LogP contribution in [-0.4, -0.2) is 19.9 Å². The van der Waals surface area contributed by atoms with E-state index >= 15 is 0 Å². The zero-order valence-corrected chi connectivity index (χ0v) is 16.3. The average Bonchev–Trinajstić information content (AvgIpc) is 3.04. The molecule has 2 aromatic carbocycles. The fourth-order valence-electron chi connectivity index (χ4n) is 2.45. The lowest BCUT2D eigenvalue weighted by Gasteiger charge is -2.08. The van der Waals surface area contributed by atoms with E-state index in [0.717, 1.165) is 22.3 Å². The van der Waals surface area contributed by atoms with E-state index in [0.29, 0.717) is 17.0 Å². The van der Waals surface area contributed by atoms with Crippen molar-refractivity contribution in [3.8, 4) is 10.6 Å². The summed E-state index contributed by atoms with van der Waals surface area (Å²) in [5.74, 6) is -0.460. The van der Waals surface area contributed by atoms with Gasteiger partial charge in [-0.15, -0.1) is 11.3 Å². The Hall–Kier alpha value is -1.80. The molecule has 136 valence electrons. The smallest absolute Gasteiger partial charge is 0.240 e. The average molecular weight is 411 g/mol. The zero-order valence-electron chi connectivity index (χ0n) is 13.9. The minimum Gasteiger partial charge on any atom is -0.241 e. The first-order valence-corrected chi connectivity index (χ1v) is 10.6. The quantitative estimate of drug-likeness (QED) is 0.653. The van der Waals surface area contributed by atoms with E-state index < -0.39 is 15.8 Å². The van der Waals surface area contributed by atoms with Gasteiger partial charge in [-0.3, -0.25) is 0 Å². The summed E-state index contributed by atoms with van der Waals surface area (Å²) in [4.78, 5) is 4.61. The second-order valence-corrected chi connectivity index (χ2v) is 8.74. The maximum Gasteiger partial charge on any atom is 0.240 e. The van der Waals surface area contributed by atoms with Crippen molar-refractivity contribution in [2.75, 3.05) is 6.54 Å². The van der Waals surface area contributed by atoms with Gasteiger partial charge in [0.1, 0.15) is 10.8 Å². The van der Waals surface area contributed by atoms with Crippen molar-refractivity contribution in [1.29, 1.82) is 0 Å². The molecule has 0 aliphatic rings.